The lowest BCUT2D eigenvalue weighted by atomic mass is 9.86. The Morgan fingerprint density at radius 3 is 3.07 bits per heavy atom. The zero-order chi connectivity index (χ0) is 10.4. The van der Waals surface area contributed by atoms with E-state index in [-0.39, 0.29) is 0 Å². The molecule has 0 spiro atoms. The Kier molecular flexibility index (Phi) is 2.10. The fourth-order valence-electron chi connectivity index (χ4n) is 3.37. The van der Waals surface area contributed by atoms with Crippen LogP contribution in [0.3, 0.4) is 0 Å². The molecule has 1 fully saturated rings. The Bertz CT molecular complexity index is 383. The number of piperidine rings is 1. The monoisotopic (exact) mass is 201 g/mol. The van der Waals surface area contributed by atoms with Crippen molar-refractivity contribution in [1.82, 2.24) is 4.90 Å². The fourth-order valence-corrected chi connectivity index (χ4v) is 3.37. The third kappa shape index (κ3) is 1.41. The molecule has 0 aromatic heterocycles. The number of likely N-dealkylation sites (tertiary alicyclic amines) is 1. The highest BCUT2D eigenvalue weighted by molar-refractivity contribution is 5.42. The van der Waals surface area contributed by atoms with E-state index >= 15 is 0 Å². The van der Waals surface area contributed by atoms with Crippen LogP contribution in [0.1, 0.15) is 29.0 Å². The summed E-state index contributed by atoms with van der Waals surface area (Å²) in [5.41, 5.74) is 4.80. The summed E-state index contributed by atoms with van der Waals surface area (Å²) in [6.07, 6.45) is 2.72. The lowest BCUT2D eigenvalue weighted by Gasteiger charge is -2.32. The molecule has 80 valence electrons. The molecule has 0 bridgehead atoms. The van der Waals surface area contributed by atoms with Gasteiger partial charge in [-0.2, -0.15) is 0 Å². The van der Waals surface area contributed by atoms with Crippen molar-refractivity contribution in [3.8, 4) is 0 Å². The van der Waals surface area contributed by atoms with E-state index in [4.69, 9.17) is 0 Å². The van der Waals surface area contributed by atoms with Crippen LogP contribution in [0, 0.1) is 12.8 Å². The Hall–Kier alpha value is -0.820. The molecule has 1 aromatic carbocycles. The SMILES string of the molecule is Cc1cccc2c1C[C@@H]1CCN(C)C[C@H]21. The summed E-state index contributed by atoms with van der Waals surface area (Å²) in [5, 5.41) is 0. The third-order valence-electron chi connectivity index (χ3n) is 4.27. The summed E-state index contributed by atoms with van der Waals surface area (Å²) in [5.74, 6) is 1.75. The molecule has 1 heteroatoms. The zero-order valence-electron chi connectivity index (χ0n) is 9.66. The average Bonchev–Trinajstić information content (AvgIpc) is 2.58. The molecule has 1 aromatic rings. The van der Waals surface area contributed by atoms with Gasteiger partial charge >= 0.3 is 0 Å². The number of likely N-dealkylation sites (N-methyl/N-ethyl adjacent to an activating group) is 1. The minimum absolute atomic E-state index is 0.818. The summed E-state index contributed by atoms with van der Waals surface area (Å²) in [7, 11) is 2.25. The van der Waals surface area contributed by atoms with E-state index in [0.717, 1.165) is 11.8 Å². The van der Waals surface area contributed by atoms with Gasteiger partial charge in [-0.15, -0.1) is 0 Å². The zero-order valence-corrected chi connectivity index (χ0v) is 9.66. The van der Waals surface area contributed by atoms with Gasteiger partial charge in [0.15, 0.2) is 0 Å². The van der Waals surface area contributed by atoms with Crippen molar-refractivity contribution in [1.29, 1.82) is 0 Å². The van der Waals surface area contributed by atoms with Crippen LogP contribution in [0.4, 0.5) is 0 Å². The van der Waals surface area contributed by atoms with Crippen molar-refractivity contribution in [3.63, 3.8) is 0 Å². The van der Waals surface area contributed by atoms with E-state index in [2.05, 4.69) is 37.1 Å². The van der Waals surface area contributed by atoms with Gasteiger partial charge in [-0.25, -0.2) is 0 Å². The number of fused-ring (bicyclic) bond motifs is 3. The van der Waals surface area contributed by atoms with Crippen molar-refractivity contribution >= 4 is 0 Å². The topological polar surface area (TPSA) is 3.24 Å². The Balaban J connectivity index is 2.01. The molecule has 0 saturated carbocycles. The number of hydrogen-bond acceptors (Lipinski definition) is 1. The quantitative estimate of drug-likeness (QED) is 0.623. The molecule has 1 nitrogen and oxygen atoms in total. The number of nitrogens with zero attached hydrogens (tertiary/aromatic N) is 1. The van der Waals surface area contributed by atoms with E-state index in [1.54, 1.807) is 11.1 Å². The third-order valence-corrected chi connectivity index (χ3v) is 4.27. The van der Waals surface area contributed by atoms with Crippen LogP contribution in [0.25, 0.3) is 0 Å². The molecule has 1 aliphatic carbocycles. The summed E-state index contributed by atoms with van der Waals surface area (Å²) in [6.45, 7) is 4.81. The first kappa shape index (κ1) is 9.41. The first-order valence-corrected chi connectivity index (χ1v) is 6.02. The molecule has 15 heavy (non-hydrogen) atoms. The van der Waals surface area contributed by atoms with Crippen LogP contribution in [0.5, 0.6) is 0 Å². The van der Waals surface area contributed by atoms with Crippen LogP contribution >= 0.6 is 0 Å². The van der Waals surface area contributed by atoms with Gasteiger partial charge in [0, 0.05) is 12.5 Å². The van der Waals surface area contributed by atoms with Crippen LogP contribution in [-0.2, 0) is 6.42 Å². The molecule has 2 atom stereocenters. The Morgan fingerprint density at radius 2 is 2.20 bits per heavy atom. The minimum atomic E-state index is 0.818. The van der Waals surface area contributed by atoms with Gasteiger partial charge in [-0.1, -0.05) is 18.2 Å². The molecule has 0 amide bonds. The van der Waals surface area contributed by atoms with Gasteiger partial charge in [0.1, 0.15) is 0 Å². The fraction of sp³-hybridized carbons (Fsp3) is 0.571. The highest BCUT2D eigenvalue weighted by atomic mass is 15.1. The molecular formula is C14H19N. The van der Waals surface area contributed by atoms with Crippen LogP contribution in [0.2, 0.25) is 0 Å². The van der Waals surface area contributed by atoms with Crippen molar-refractivity contribution < 1.29 is 0 Å². The number of benzene rings is 1. The van der Waals surface area contributed by atoms with E-state index < -0.39 is 0 Å². The lowest BCUT2D eigenvalue weighted by Crippen LogP contribution is -2.34. The standard InChI is InChI=1S/C14H19N/c1-10-4-3-5-12-13(10)8-11-6-7-15(2)9-14(11)12/h3-5,11,14H,6-9H2,1-2H3/t11-,14-/m0/s1. The van der Waals surface area contributed by atoms with E-state index in [9.17, 15) is 0 Å². The van der Waals surface area contributed by atoms with Crippen molar-refractivity contribution in [3.05, 3.63) is 34.9 Å². The summed E-state index contributed by atoms with van der Waals surface area (Å²) in [6, 6.07) is 6.84. The Labute approximate surface area is 92.1 Å². The molecule has 3 rings (SSSR count). The van der Waals surface area contributed by atoms with Gasteiger partial charge in [0.25, 0.3) is 0 Å². The van der Waals surface area contributed by atoms with E-state index in [1.807, 2.05) is 0 Å². The van der Waals surface area contributed by atoms with Gasteiger partial charge in [-0.05, 0) is 56.0 Å². The summed E-state index contributed by atoms with van der Waals surface area (Å²) >= 11 is 0. The van der Waals surface area contributed by atoms with E-state index in [1.165, 1.54) is 31.5 Å². The molecule has 1 heterocycles. The smallest absolute Gasteiger partial charge is 0.00501 e. The second-order valence-electron chi connectivity index (χ2n) is 5.26. The first-order chi connectivity index (χ1) is 7.25. The lowest BCUT2D eigenvalue weighted by molar-refractivity contribution is 0.200. The number of hydrogen-bond donors (Lipinski definition) is 0. The molecular weight excluding hydrogens is 182 g/mol. The summed E-state index contributed by atoms with van der Waals surface area (Å²) < 4.78 is 0. The van der Waals surface area contributed by atoms with Crippen molar-refractivity contribution in [2.24, 2.45) is 5.92 Å². The molecule has 0 radical (unpaired) electrons. The van der Waals surface area contributed by atoms with Crippen molar-refractivity contribution in [2.75, 3.05) is 20.1 Å². The maximum Gasteiger partial charge on any atom is 0.00501 e. The second kappa shape index (κ2) is 3.34. The maximum absolute atomic E-state index is 2.48. The summed E-state index contributed by atoms with van der Waals surface area (Å²) in [4.78, 5) is 2.48. The van der Waals surface area contributed by atoms with Crippen LogP contribution in [-0.4, -0.2) is 25.0 Å². The van der Waals surface area contributed by atoms with Gasteiger partial charge in [-0.3, -0.25) is 0 Å². The minimum Gasteiger partial charge on any atom is -0.306 e. The first-order valence-electron chi connectivity index (χ1n) is 6.02. The largest absolute Gasteiger partial charge is 0.306 e. The number of aryl methyl sites for hydroxylation is 1. The van der Waals surface area contributed by atoms with Gasteiger partial charge in [0.05, 0.1) is 0 Å². The highest BCUT2D eigenvalue weighted by Gasteiger charge is 2.36. The average molecular weight is 201 g/mol. The van der Waals surface area contributed by atoms with Crippen LogP contribution in [0.15, 0.2) is 18.2 Å². The molecule has 2 aliphatic rings. The number of rotatable bonds is 0. The predicted octanol–water partition coefficient (Wildman–Crippen LogP) is 2.59. The van der Waals surface area contributed by atoms with Crippen LogP contribution < -0.4 is 0 Å². The molecule has 1 aliphatic heterocycles. The van der Waals surface area contributed by atoms with Gasteiger partial charge in [0.2, 0.25) is 0 Å². The molecule has 0 unspecified atom stereocenters. The maximum atomic E-state index is 2.48. The van der Waals surface area contributed by atoms with Crippen molar-refractivity contribution in [2.45, 2.75) is 25.7 Å². The molecule has 1 saturated heterocycles. The normalized spacial score (nSPS) is 30.0. The Morgan fingerprint density at radius 1 is 1.33 bits per heavy atom. The molecule has 0 N–H and O–H groups in total. The predicted molar refractivity (Wildman–Crippen MR) is 63.2 cm³/mol. The highest BCUT2D eigenvalue weighted by Crippen LogP contribution is 2.43. The van der Waals surface area contributed by atoms with Gasteiger partial charge < -0.3 is 4.90 Å². The van der Waals surface area contributed by atoms with E-state index in [0.29, 0.717) is 0 Å². The second-order valence-corrected chi connectivity index (χ2v) is 5.26.